The first-order chi connectivity index (χ1) is 5.45. The molecule has 0 aromatic carbocycles. The van der Waals surface area contributed by atoms with Crippen LogP contribution in [0.25, 0.3) is 0 Å². The normalized spacial score (nSPS) is 14.7. The quantitative estimate of drug-likeness (QED) is 0.339. The highest BCUT2D eigenvalue weighted by molar-refractivity contribution is 7.43. The Kier molecular flexibility index (Phi) is 5.70. The van der Waals surface area contributed by atoms with Gasteiger partial charge >= 0.3 is 0 Å². The van der Waals surface area contributed by atoms with Crippen LogP contribution in [0.15, 0.2) is 0 Å². The van der Waals surface area contributed by atoms with Crippen LogP contribution in [-0.2, 0) is 13.8 Å². The van der Waals surface area contributed by atoms with Gasteiger partial charge in [-0.2, -0.15) is 0 Å². The summed E-state index contributed by atoms with van der Waals surface area (Å²) >= 11 is 0. The molecule has 0 aromatic rings. The lowest BCUT2D eigenvalue weighted by Gasteiger charge is -2.31. The predicted octanol–water partition coefficient (Wildman–Crippen LogP) is -0.00560. The van der Waals surface area contributed by atoms with Gasteiger partial charge in [-0.25, -0.2) is 0 Å². The summed E-state index contributed by atoms with van der Waals surface area (Å²) in [5.74, 6) is 0. The van der Waals surface area contributed by atoms with E-state index in [1.54, 1.807) is 0 Å². The maximum Gasteiger partial charge on any atom is 0.159 e. The van der Waals surface area contributed by atoms with Crippen molar-refractivity contribution >= 4 is 7.82 Å². The molecule has 6 heteroatoms. The third kappa shape index (κ3) is 8.17. The number of rotatable bonds is 6. The lowest BCUT2D eigenvalue weighted by atomic mass is 10.4. The van der Waals surface area contributed by atoms with E-state index in [9.17, 15) is 14.4 Å². The van der Waals surface area contributed by atoms with E-state index in [0.29, 0.717) is 6.61 Å². The average molecular weight is 196 g/mol. The van der Waals surface area contributed by atoms with Crippen LogP contribution < -0.4 is 9.79 Å². The number of ether oxygens (including phenoxy) is 1. The van der Waals surface area contributed by atoms with E-state index in [-0.39, 0.29) is 0 Å². The lowest BCUT2D eigenvalue weighted by Crippen LogP contribution is -2.23. The van der Waals surface area contributed by atoms with Gasteiger partial charge in [0.25, 0.3) is 0 Å². The second kappa shape index (κ2) is 5.67. The molecule has 5 nitrogen and oxygen atoms in total. The van der Waals surface area contributed by atoms with Gasteiger partial charge in [0.1, 0.15) is 0 Å². The van der Waals surface area contributed by atoms with Crippen molar-refractivity contribution in [3.63, 3.8) is 0 Å². The Morgan fingerprint density at radius 2 is 2.08 bits per heavy atom. The monoisotopic (exact) mass is 196 g/mol. The highest BCUT2D eigenvalue weighted by atomic mass is 31.2. The molecule has 0 saturated heterocycles. The third-order valence-corrected chi connectivity index (χ3v) is 1.68. The van der Waals surface area contributed by atoms with Crippen molar-refractivity contribution in [2.45, 2.75) is 33.0 Å². The van der Waals surface area contributed by atoms with Crippen LogP contribution in [0.4, 0.5) is 0 Å². The van der Waals surface area contributed by atoms with Crippen LogP contribution >= 0.6 is 7.82 Å². The van der Waals surface area contributed by atoms with Gasteiger partial charge < -0.3 is 23.6 Å². The van der Waals surface area contributed by atoms with Crippen molar-refractivity contribution in [1.29, 1.82) is 0 Å². The molecular weight excluding hydrogens is 183 g/mol. The molecule has 0 rings (SSSR count). The summed E-state index contributed by atoms with van der Waals surface area (Å²) in [6, 6.07) is 0. The molecule has 0 radical (unpaired) electrons. The summed E-state index contributed by atoms with van der Waals surface area (Å²) in [4.78, 5) is 20.1. The number of unbranched alkanes of at least 4 members (excludes halogenated alkanes) is 1. The molecule has 0 fully saturated rings. The van der Waals surface area contributed by atoms with E-state index in [1.807, 2.05) is 6.92 Å². The molecule has 74 valence electrons. The number of hydrogen-bond donors (Lipinski definition) is 0. The molecule has 0 saturated carbocycles. The van der Waals surface area contributed by atoms with Crippen molar-refractivity contribution < 1.29 is 23.6 Å². The lowest BCUT2D eigenvalue weighted by molar-refractivity contribution is -0.351. The first-order valence-corrected chi connectivity index (χ1v) is 5.24. The summed E-state index contributed by atoms with van der Waals surface area (Å²) in [7, 11) is -4.90. The highest BCUT2D eigenvalue weighted by Gasteiger charge is 2.02. The fourth-order valence-electron chi connectivity index (χ4n) is 0.606. The molecule has 1 unspecified atom stereocenters. The minimum Gasteiger partial charge on any atom is -0.790 e. The fourth-order valence-corrected chi connectivity index (χ4v) is 1.03. The van der Waals surface area contributed by atoms with Crippen LogP contribution in [0.1, 0.15) is 26.7 Å². The Labute approximate surface area is 71.9 Å². The van der Waals surface area contributed by atoms with Crippen LogP contribution in [0.2, 0.25) is 0 Å². The summed E-state index contributed by atoms with van der Waals surface area (Å²) in [6.45, 7) is 3.75. The fraction of sp³-hybridized carbons (Fsp3) is 1.00. The van der Waals surface area contributed by atoms with Gasteiger partial charge in [-0.05, 0) is 13.3 Å². The molecule has 0 N–H and O–H groups in total. The van der Waals surface area contributed by atoms with E-state index in [4.69, 9.17) is 4.74 Å². The molecule has 0 aromatic heterocycles. The second-order valence-corrected chi connectivity index (χ2v) is 3.45. The van der Waals surface area contributed by atoms with Gasteiger partial charge in [0.15, 0.2) is 6.29 Å². The molecule has 0 aliphatic carbocycles. The predicted molar refractivity (Wildman–Crippen MR) is 39.0 cm³/mol. The van der Waals surface area contributed by atoms with E-state index in [2.05, 4.69) is 4.52 Å². The Morgan fingerprint density at radius 3 is 2.50 bits per heavy atom. The smallest absolute Gasteiger partial charge is 0.159 e. The number of phosphoric acid groups is 1. The van der Waals surface area contributed by atoms with Gasteiger partial charge in [0.2, 0.25) is 0 Å². The van der Waals surface area contributed by atoms with Crippen LogP contribution in [0, 0.1) is 0 Å². The largest absolute Gasteiger partial charge is 0.790 e. The van der Waals surface area contributed by atoms with E-state index < -0.39 is 14.1 Å². The standard InChI is InChI=1S/C6H15O5P/c1-3-4-5-10-6(2)11-12(7,8)9/h6H,3-5H2,1-2H3,(H2,7,8,9)/p-2. The average Bonchev–Trinajstić information content (AvgIpc) is 1.84. The van der Waals surface area contributed by atoms with Crippen molar-refractivity contribution in [2.24, 2.45) is 0 Å². The van der Waals surface area contributed by atoms with Gasteiger partial charge in [0, 0.05) is 6.61 Å². The highest BCUT2D eigenvalue weighted by Crippen LogP contribution is 2.27. The first-order valence-electron chi connectivity index (χ1n) is 3.77. The summed E-state index contributed by atoms with van der Waals surface area (Å²) < 4.78 is 18.9. The Hall–Kier alpha value is 0.0700. The SMILES string of the molecule is CCCCOC(C)OP(=O)([O-])[O-]. The Balaban J connectivity index is 3.46. The van der Waals surface area contributed by atoms with Crippen LogP contribution in [-0.4, -0.2) is 12.9 Å². The molecule has 1 atom stereocenters. The zero-order valence-electron chi connectivity index (χ0n) is 7.19. The molecule has 0 heterocycles. The molecule has 0 spiro atoms. The maximum absolute atomic E-state index is 10.0. The minimum absolute atomic E-state index is 0.400. The molecular formula is C6H13O5P-2. The number of hydrogen-bond acceptors (Lipinski definition) is 5. The molecule has 12 heavy (non-hydrogen) atoms. The van der Waals surface area contributed by atoms with Crippen molar-refractivity contribution in [3.8, 4) is 0 Å². The zero-order chi connectivity index (χ0) is 9.61. The van der Waals surface area contributed by atoms with Crippen molar-refractivity contribution in [2.75, 3.05) is 6.61 Å². The summed E-state index contributed by atoms with van der Waals surface area (Å²) in [6.07, 6.45) is 0.784. The topological polar surface area (TPSA) is 81.7 Å². The van der Waals surface area contributed by atoms with Gasteiger partial charge in [-0.15, -0.1) is 0 Å². The van der Waals surface area contributed by atoms with Gasteiger partial charge in [0.05, 0.1) is 7.82 Å². The molecule has 0 aliphatic rings. The van der Waals surface area contributed by atoms with Crippen molar-refractivity contribution in [3.05, 3.63) is 0 Å². The minimum atomic E-state index is -4.90. The van der Waals surface area contributed by atoms with E-state index >= 15 is 0 Å². The first kappa shape index (κ1) is 12.1. The van der Waals surface area contributed by atoms with Crippen molar-refractivity contribution in [1.82, 2.24) is 0 Å². The Bertz CT molecular complexity index is 154. The molecule has 0 amide bonds. The van der Waals surface area contributed by atoms with Gasteiger partial charge in [-0.1, -0.05) is 13.3 Å². The third-order valence-electron chi connectivity index (χ3n) is 1.13. The second-order valence-electron chi connectivity index (χ2n) is 2.34. The number of phosphoric ester groups is 1. The van der Waals surface area contributed by atoms with E-state index in [0.717, 1.165) is 12.8 Å². The maximum atomic E-state index is 10.0. The zero-order valence-corrected chi connectivity index (χ0v) is 8.08. The molecule has 0 aliphatic heterocycles. The van der Waals surface area contributed by atoms with Crippen LogP contribution in [0.3, 0.4) is 0 Å². The summed E-state index contributed by atoms with van der Waals surface area (Å²) in [5.41, 5.74) is 0. The van der Waals surface area contributed by atoms with Gasteiger partial charge in [-0.3, -0.25) is 0 Å². The summed E-state index contributed by atoms with van der Waals surface area (Å²) in [5, 5.41) is 0. The van der Waals surface area contributed by atoms with Crippen LogP contribution in [0.5, 0.6) is 0 Å². The van der Waals surface area contributed by atoms with E-state index in [1.165, 1.54) is 6.92 Å². The Morgan fingerprint density at radius 1 is 1.50 bits per heavy atom. The molecule has 0 bridgehead atoms.